The number of halogens is 1. The minimum atomic E-state index is -1.28. The van der Waals surface area contributed by atoms with Crippen LogP contribution in [0.3, 0.4) is 0 Å². The molecule has 20 heavy (non-hydrogen) atoms. The van der Waals surface area contributed by atoms with Crippen LogP contribution >= 0.6 is 15.9 Å². The Balaban J connectivity index is 2.80. The van der Waals surface area contributed by atoms with Crippen molar-refractivity contribution in [2.45, 2.75) is 18.9 Å². The molecule has 108 valence electrons. The van der Waals surface area contributed by atoms with Crippen LogP contribution in [0.4, 0.5) is 0 Å². The molecule has 8 heteroatoms. The first-order chi connectivity index (χ1) is 9.31. The molecule has 5 N–H and O–H groups in total. The van der Waals surface area contributed by atoms with Gasteiger partial charge in [-0.25, -0.2) is 4.79 Å². The van der Waals surface area contributed by atoms with Gasteiger partial charge in [0, 0.05) is 10.9 Å². The maximum Gasteiger partial charge on any atom is 0.326 e. The fourth-order valence-electron chi connectivity index (χ4n) is 1.48. The molecule has 0 unspecified atom stereocenters. The molecule has 0 spiro atoms. The smallest absolute Gasteiger partial charge is 0.326 e. The molecule has 0 fully saturated rings. The zero-order valence-corrected chi connectivity index (χ0v) is 11.9. The molecular weight excluding hydrogens is 332 g/mol. The fourth-order valence-corrected chi connectivity index (χ4v) is 1.83. The van der Waals surface area contributed by atoms with Crippen LogP contribution in [0, 0.1) is 0 Å². The molecule has 7 nitrogen and oxygen atoms in total. The third kappa shape index (κ3) is 4.54. The molecular formula is C12H13BrN2O5. The van der Waals surface area contributed by atoms with Gasteiger partial charge in [-0.1, -0.05) is 15.9 Å². The number of benzene rings is 1. The number of carboxylic acid groups (broad SMARTS) is 1. The Morgan fingerprint density at radius 3 is 2.50 bits per heavy atom. The van der Waals surface area contributed by atoms with Crippen molar-refractivity contribution in [2.24, 2.45) is 5.73 Å². The van der Waals surface area contributed by atoms with Gasteiger partial charge in [0.1, 0.15) is 11.8 Å². The van der Waals surface area contributed by atoms with Gasteiger partial charge in [-0.3, -0.25) is 9.59 Å². The van der Waals surface area contributed by atoms with Crippen LogP contribution in [-0.2, 0) is 9.59 Å². The Hall–Kier alpha value is -2.09. The average Bonchev–Trinajstić information content (AvgIpc) is 2.33. The highest BCUT2D eigenvalue weighted by Gasteiger charge is 2.22. The topological polar surface area (TPSA) is 130 Å². The normalized spacial score (nSPS) is 11.7. The standard InChI is InChI=1S/C12H13BrN2O5/c13-6-1-2-7(9(16)5-6)11(18)15-8(12(19)20)3-4-10(14)17/h1-2,5,8,16H,3-4H2,(H2,14,17)(H,15,18)(H,19,20)/t8-/m0/s1. The van der Waals surface area contributed by atoms with Gasteiger partial charge < -0.3 is 21.3 Å². The summed E-state index contributed by atoms with van der Waals surface area (Å²) in [5, 5.41) is 20.8. The van der Waals surface area contributed by atoms with Gasteiger partial charge in [0.05, 0.1) is 5.56 Å². The van der Waals surface area contributed by atoms with Crippen LogP contribution in [0.5, 0.6) is 5.75 Å². The van der Waals surface area contributed by atoms with E-state index in [-0.39, 0.29) is 24.2 Å². The quantitative estimate of drug-likeness (QED) is 0.600. The van der Waals surface area contributed by atoms with Crippen molar-refractivity contribution in [1.82, 2.24) is 5.32 Å². The van der Waals surface area contributed by atoms with Crippen molar-refractivity contribution in [3.05, 3.63) is 28.2 Å². The average molecular weight is 345 g/mol. The first kappa shape index (κ1) is 16.0. The third-order valence-corrected chi connectivity index (χ3v) is 2.98. The summed E-state index contributed by atoms with van der Waals surface area (Å²) in [4.78, 5) is 33.5. The van der Waals surface area contributed by atoms with Gasteiger partial charge in [-0.15, -0.1) is 0 Å². The number of nitrogens with two attached hydrogens (primary N) is 1. The molecule has 0 radical (unpaired) electrons. The summed E-state index contributed by atoms with van der Waals surface area (Å²) in [5.74, 6) is -2.96. The van der Waals surface area contributed by atoms with E-state index in [1.54, 1.807) is 0 Å². The predicted octanol–water partition coefficient (Wildman–Crippen LogP) is 0.603. The van der Waals surface area contributed by atoms with E-state index in [0.717, 1.165) is 0 Å². The van der Waals surface area contributed by atoms with Crippen molar-refractivity contribution in [3.63, 3.8) is 0 Å². The monoisotopic (exact) mass is 344 g/mol. The number of nitrogens with one attached hydrogen (secondary N) is 1. The molecule has 0 heterocycles. The van der Waals surface area contributed by atoms with Crippen LogP contribution in [0.1, 0.15) is 23.2 Å². The van der Waals surface area contributed by atoms with Gasteiger partial charge in [0.2, 0.25) is 5.91 Å². The Morgan fingerprint density at radius 1 is 1.35 bits per heavy atom. The van der Waals surface area contributed by atoms with E-state index in [4.69, 9.17) is 10.8 Å². The second kappa shape index (κ2) is 6.90. The van der Waals surface area contributed by atoms with Crippen molar-refractivity contribution < 1.29 is 24.6 Å². The number of hydrogen-bond acceptors (Lipinski definition) is 4. The zero-order chi connectivity index (χ0) is 15.3. The lowest BCUT2D eigenvalue weighted by Crippen LogP contribution is -2.41. The van der Waals surface area contributed by atoms with Gasteiger partial charge in [0.25, 0.3) is 5.91 Å². The van der Waals surface area contributed by atoms with Gasteiger partial charge >= 0.3 is 5.97 Å². The van der Waals surface area contributed by atoms with Crippen molar-refractivity contribution in [2.75, 3.05) is 0 Å². The molecule has 0 saturated carbocycles. The maximum atomic E-state index is 11.9. The highest BCUT2D eigenvalue weighted by atomic mass is 79.9. The third-order valence-electron chi connectivity index (χ3n) is 2.49. The number of phenolic OH excluding ortho intramolecular Hbond substituents is 1. The predicted molar refractivity (Wildman–Crippen MR) is 73.1 cm³/mol. The summed E-state index contributed by atoms with van der Waals surface area (Å²) in [7, 11) is 0. The molecule has 1 atom stereocenters. The molecule has 0 aliphatic heterocycles. The summed E-state index contributed by atoms with van der Waals surface area (Å²) < 4.78 is 0.579. The van der Waals surface area contributed by atoms with E-state index < -0.39 is 23.8 Å². The molecule has 0 bridgehead atoms. The van der Waals surface area contributed by atoms with E-state index >= 15 is 0 Å². The largest absolute Gasteiger partial charge is 0.507 e. The number of carbonyl (C=O) groups excluding carboxylic acids is 2. The summed E-state index contributed by atoms with van der Waals surface area (Å²) in [5.41, 5.74) is 4.88. The minimum Gasteiger partial charge on any atom is -0.507 e. The molecule has 2 amide bonds. The first-order valence-electron chi connectivity index (χ1n) is 5.61. The molecule has 0 saturated heterocycles. The van der Waals surface area contributed by atoms with E-state index in [0.29, 0.717) is 4.47 Å². The summed E-state index contributed by atoms with van der Waals surface area (Å²) >= 11 is 3.12. The second-order valence-electron chi connectivity index (χ2n) is 4.03. The van der Waals surface area contributed by atoms with Crippen LogP contribution < -0.4 is 11.1 Å². The van der Waals surface area contributed by atoms with Crippen LogP contribution in [-0.4, -0.2) is 34.0 Å². The molecule has 0 aromatic heterocycles. The Morgan fingerprint density at radius 2 is 2.00 bits per heavy atom. The highest BCUT2D eigenvalue weighted by Crippen LogP contribution is 2.22. The minimum absolute atomic E-state index is 0.0569. The summed E-state index contributed by atoms with van der Waals surface area (Å²) in [6.07, 6.45) is -0.280. The van der Waals surface area contributed by atoms with Crippen LogP contribution in [0.15, 0.2) is 22.7 Å². The van der Waals surface area contributed by atoms with E-state index in [2.05, 4.69) is 21.2 Å². The molecule has 0 aliphatic carbocycles. The van der Waals surface area contributed by atoms with Crippen molar-refractivity contribution in [1.29, 1.82) is 0 Å². The number of primary amides is 1. The number of aromatic hydroxyl groups is 1. The molecule has 1 rings (SSSR count). The van der Waals surface area contributed by atoms with Gasteiger partial charge in [-0.05, 0) is 24.6 Å². The SMILES string of the molecule is NC(=O)CC[C@H](NC(=O)c1ccc(Br)cc1O)C(=O)O. The Bertz CT molecular complexity index is 547. The zero-order valence-electron chi connectivity index (χ0n) is 10.3. The number of amides is 2. The van der Waals surface area contributed by atoms with Crippen molar-refractivity contribution in [3.8, 4) is 5.75 Å². The summed E-state index contributed by atoms with van der Waals surface area (Å²) in [6.45, 7) is 0. The first-order valence-corrected chi connectivity index (χ1v) is 6.41. The lowest BCUT2D eigenvalue weighted by molar-refractivity contribution is -0.139. The molecule has 0 aliphatic rings. The number of carboxylic acids is 1. The van der Waals surface area contributed by atoms with Crippen molar-refractivity contribution >= 4 is 33.7 Å². The number of phenols is 1. The number of hydrogen-bond donors (Lipinski definition) is 4. The van der Waals surface area contributed by atoms with Crippen LogP contribution in [0.2, 0.25) is 0 Å². The van der Waals surface area contributed by atoms with Gasteiger partial charge in [0.15, 0.2) is 0 Å². The molecule has 1 aromatic carbocycles. The van der Waals surface area contributed by atoms with E-state index in [9.17, 15) is 19.5 Å². The number of aliphatic carboxylic acids is 1. The second-order valence-corrected chi connectivity index (χ2v) is 4.95. The van der Waals surface area contributed by atoms with E-state index in [1.807, 2.05) is 0 Å². The number of carbonyl (C=O) groups is 3. The van der Waals surface area contributed by atoms with Gasteiger partial charge in [-0.2, -0.15) is 0 Å². The maximum absolute atomic E-state index is 11.9. The lowest BCUT2D eigenvalue weighted by Gasteiger charge is -2.14. The van der Waals surface area contributed by atoms with Crippen LogP contribution in [0.25, 0.3) is 0 Å². The Labute approximate surface area is 122 Å². The van der Waals surface area contributed by atoms with E-state index in [1.165, 1.54) is 18.2 Å². The molecule has 1 aromatic rings. The number of rotatable bonds is 6. The lowest BCUT2D eigenvalue weighted by atomic mass is 10.1. The summed E-state index contributed by atoms with van der Waals surface area (Å²) in [6, 6.07) is 2.95. The highest BCUT2D eigenvalue weighted by molar-refractivity contribution is 9.10. The fraction of sp³-hybridized carbons (Fsp3) is 0.250. The Kier molecular flexibility index (Phi) is 5.51.